The molecule has 1 aliphatic rings. The zero-order valence-electron chi connectivity index (χ0n) is 10.6. The van der Waals surface area contributed by atoms with Crippen LogP contribution in [0.25, 0.3) is 0 Å². The molecule has 1 aromatic carbocycles. The maximum atomic E-state index is 12.2. The highest BCUT2D eigenvalue weighted by molar-refractivity contribution is 6.33. The molecule has 0 aromatic heterocycles. The van der Waals surface area contributed by atoms with Crippen molar-refractivity contribution in [2.45, 2.75) is 38.6 Å². The number of para-hydroxylation sites is 1. The summed E-state index contributed by atoms with van der Waals surface area (Å²) in [4.78, 5) is 12.2. The monoisotopic (exact) mass is 266 g/mol. The Morgan fingerprint density at radius 2 is 2.11 bits per heavy atom. The second-order valence-electron chi connectivity index (χ2n) is 5.04. The van der Waals surface area contributed by atoms with Gasteiger partial charge < -0.3 is 11.1 Å². The molecule has 4 heteroatoms. The van der Waals surface area contributed by atoms with E-state index in [1.165, 1.54) is 19.3 Å². The number of carbonyl (C=O) groups is 1. The zero-order chi connectivity index (χ0) is 13.1. The van der Waals surface area contributed by atoms with Gasteiger partial charge in [-0.1, -0.05) is 37.4 Å². The topological polar surface area (TPSA) is 55.1 Å². The Balaban J connectivity index is 2.09. The molecule has 2 rings (SSSR count). The number of anilines is 1. The molecule has 1 fully saturated rings. The van der Waals surface area contributed by atoms with Crippen molar-refractivity contribution in [3.05, 3.63) is 28.8 Å². The van der Waals surface area contributed by atoms with Crippen molar-refractivity contribution in [2.75, 3.05) is 5.73 Å². The van der Waals surface area contributed by atoms with E-state index >= 15 is 0 Å². The molecule has 0 heterocycles. The number of nitrogen functional groups attached to an aromatic ring is 1. The van der Waals surface area contributed by atoms with Crippen molar-refractivity contribution in [2.24, 2.45) is 5.92 Å². The first-order chi connectivity index (χ1) is 8.59. The summed E-state index contributed by atoms with van der Waals surface area (Å²) in [6.45, 7) is 2.19. The standard InChI is InChI=1S/C14H19ClN2O/c1-9-5-2-3-8-12(9)17-14(18)10-6-4-7-11(15)13(10)16/h4,6-7,9,12H,2-3,5,8,16H2,1H3,(H,17,18). The Morgan fingerprint density at radius 3 is 2.83 bits per heavy atom. The highest BCUT2D eigenvalue weighted by atomic mass is 35.5. The van der Waals surface area contributed by atoms with Crippen molar-refractivity contribution >= 4 is 23.2 Å². The van der Waals surface area contributed by atoms with E-state index in [0.29, 0.717) is 22.2 Å². The molecule has 0 spiro atoms. The molecular weight excluding hydrogens is 248 g/mol. The van der Waals surface area contributed by atoms with Gasteiger partial charge in [0.05, 0.1) is 16.3 Å². The number of benzene rings is 1. The van der Waals surface area contributed by atoms with Gasteiger partial charge in [0.1, 0.15) is 0 Å². The third-order valence-corrected chi connectivity index (χ3v) is 4.06. The Hall–Kier alpha value is -1.22. The molecule has 0 saturated heterocycles. The maximum absolute atomic E-state index is 12.2. The predicted octanol–water partition coefficient (Wildman–Crippen LogP) is 3.23. The summed E-state index contributed by atoms with van der Waals surface area (Å²) >= 11 is 5.92. The molecule has 1 saturated carbocycles. The van der Waals surface area contributed by atoms with Crippen LogP contribution in [0.3, 0.4) is 0 Å². The summed E-state index contributed by atoms with van der Waals surface area (Å²) in [5.41, 5.74) is 6.66. The Kier molecular flexibility index (Phi) is 4.12. The average molecular weight is 267 g/mol. The number of nitrogens with two attached hydrogens (primary N) is 1. The van der Waals surface area contributed by atoms with Gasteiger partial charge in [0.25, 0.3) is 5.91 Å². The van der Waals surface area contributed by atoms with E-state index in [0.717, 1.165) is 6.42 Å². The van der Waals surface area contributed by atoms with Crippen molar-refractivity contribution in [3.63, 3.8) is 0 Å². The number of hydrogen-bond donors (Lipinski definition) is 2. The molecule has 18 heavy (non-hydrogen) atoms. The molecule has 2 unspecified atom stereocenters. The summed E-state index contributed by atoms with van der Waals surface area (Å²) in [5.74, 6) is 0.414. The van der Waals surface area contributed by atoms with Gasteiger partial charge in [0, 0.05) is 6.04 Å². The molecule has 0 aliphatic heterocycles. The van der Waals surface area contributed by atoms with Crippen LogP contribution in [0.2, 0.25) is 5.02 Å². The summed E-state index contributed by atoms with van der Waals surface area (Å²) in [5, 5.41) is 3.51. The first-order valence-electron chi connectivity index (χ1n) is 6.44. The van der Waals surface area contributed by atoms with E-state index in [2.05, 4.69) is 12.2 Å². The fraction of sp³-hybridized carbons (Fsp3) is 0.500. The lowest BCUT2D eigenvalue weighted by Crippen LogP contribution is -2.41. The minimum atomic E-state index is -0.117. The molecule has 3 N–H and O–H groups in total. The Bertz CT molecular complexity index is 447. The number of rotatable bonds is 2. The Labute approximate surface area is 113 Å². The van der Waals surface area contributed by atoms with Crippen LogP contribution in [-0.4, -0.2) is 11.9 Å². The fourth-order valence-corrected chi connectivity index (χ4v) is 2.69. The number of hydrogen-bond acceptors (Lipinski definition) is 2. The summed E-state index contributed by atoms with van der Waals surface area (Å²) < 4.78 is 0. The van der Waals surface area contributed by atoms with Crippen LogP contribution in [0.15, 0.2) is 18.2 Å². The molecule has 1 aromatic rings. The van der Waals surface area contributed by atoms with Crippen LogP contribution < -0.4 is 11.1 Å². The number of nitrogens with one attached hydrogen (secondary N) is 1. The van der Waals surface area contributed by atoms with E-state index < -0.39 is 0 Å². The molecule has 0 radical (unpaired) electrons. The summed E-state index contributed by atoms with van der Waals surface area (Å²) in [6, 6.07) is 5.41. The molecule has 98 valence electrons. The van der Waals surface area contributed by atoms with Gasteiger partial charge >= 0.3 is 0 Å². The minimum Gasteiger partial charge on any atom is -0.397 e. The lowest BCUT2D eigenvalue weighted by molar-refractivity contribution is 0.0911. The van der Waals surface area contributed by atoms with E-state index in [4.69, 9.17) is 17.3 Å². The highest BCUT2D eigenvalue weighted by Gasteiger charge is 2.24. The number of amides is 1. The average Bonchev–Trinajstić information content (AvgIpc) is 2.35. The molecular formula is C14H19ClN2O. The van der Waals surface area contributed by atoms with Crippen LogP contribution >= 0.6 is 11.6 Å². The first kappa shape index (κ1) is 13.2. The van der Waals surface area contributed by atoms with E-state index in [-0.39, 0.29) is 11.9 Å². The third kappa shape index (κ3) is 2.78. The van der Waals surface area contributed by atoms with Crippen molar-refractivity contribution in [1.29, 1.82) is 0 Å². The quantitative estimate of drug-likeness (QED) is 0.808. The maximum Gasteiger partial charge on any atom is 0.253 e. The van der Waals surface area contributed by atoms with Crippen LogP contribution in [0, 0.1) is 5.92 Å². The van der Waals surface area contributed by atoms with Gasteiger partial charge in [-0.3, -0.25) is 4.79 Å². The summed E-state index contributed by atoms with van der Waals surface area (Å²) in [7, 11) is 0. The van der Waals surface area contributed by atoms with Gasteiger partial charge in [-0.25, -0.2) is 0 Å². The van der Waals surface area contributed by atoms with Crippen LogP contribution in [0.5, 0.6) is 0 Å². The third-order valence-electron chi connectivity index (χ3n) is 3.73. The predicted molar refractivity (Wildman–Crippen MR) is 74.8 cm³/mol. The fourth-order valence-electron chi connectivity index (χ4n) is 2.51. The SMILES string of the molecule is CC1CCCCC1NC(=O)c1cccc(Cl)c1N. The van der Waals surface area contributed by atoms with E-state index in [9.17, 15) is 4.79 Å². The van der Waals surface area contributed by atoms with E-state index in [1.54, 1.807) is 18.2 Å². The van der Waals surface area contributed by atoms with Crippen LogP contribution in [-0.2, 0) is 0 Å². The Morgan fingerprint density at radius 1 is 1.39 bits per heavy atom. The van der Waals surface area contributed by atoms with Crippen LogP contribution in [0.1, 0.15) is 43.0 Å². The van der Waals surface area contributed by atoms with Gasteiger partial charge in [-0.15, -0.1) is 0 Å². The van der Waals surface area contributed by atoms with E-state index in [1.807, 2.05) is 0 Å². The number of halogens is 1. The highest BCUT2D eigenvalue weighted by Crippen LogP contribution is 2.26. The minimum absolute atomic E-state index is 0.117. The smallest absolute Gasteiger partial charge is 0.253 e. The second-order valence-corrected chi connectivity index (χ2v) is 5.45. The molecule has 1 amide bonds. The first-order valence-corrected chi connectivity index (χ1v) is 6.82. The molecule has 3 nitrogen and oxygen atoms in total. The lowest BCUT2D eigenvalue weighted by atomic mass is 9.86. The second kappa shape index (κ2) is 5.61. The lowest BCUT2D eigenvalue weighted by Gasteiger charge is -2.29. The molecule has 2 atom stereocenters. The molecule has 1 aliphatic carbocycles. The normalized spacial score (nSPS) is 23.7. The summed E-state index contributed by atoms with van der Waals surface area (Å²) in [6.07, 6.45) is 4.66. The van der Waals surface area contributed by atoms with Gasteiger partial charge in [0.15, 0.2) is 0 Å². The molecule has 0 bridgehead atoms. The van der Waals surface area contributed by atoms with Gasteiger partial charge in [-0.05, 0) is 30.9 Å². The van der Waals surface area contributed by atoms with Gasteiger partial charge in [0.2, 0.25) is 0 Å². The van der Waals surface area contributed by atoms with Crippen molar-refractivity contribution in [1.82, 2.24) is 5.32 Å². The van der Waals surface area contributed by atoms with Crippen LogP contribution in [0.4, 0.5) is 5.69 Å². The van der Waals surface area contributed by atoms with Crippen molar-refractivity contribution in [3.8, 4) is 0 Å². The van der Waals surface area contributed by atoms with Crippen molar-refractivity contribution < 1.29 is 4.79 Å². The zero-order valence-corrected chi connectivity index (χ0v) is 11.3. The largest absolute Gasteiger partial charge is 0.397 e. The van der Waals surface area contributed by atoms with Gasteiger partial charge in [-0.2, -0.15) is 0 Å². The number of carbonyl (C=O) groups excluding carboxylic acids is 1.